The van der Waals surface area contributed by atoms with Gasteiger partial charge in [-0.05, 0) is 25.5 Å². The summed E-state index contributed by atoms with van der Waals surface area (Å²) >= 11 is 5.91. The summed E-state index contributed by atoms with van der Waals surface area (Å²) in [6.45, 7) is 0.950. The van der Waals surface area contributed by atoms with Gasteiger partial charge in [0.15, 0.2) is 17.3 Å². The van der Waals surface area contributed by atoms with E-state index in [2.05, 4.69) is 5.32 Å². The molecular weight excluding hydrogens is 257 g/mol. The van der Waals surface area contributed by atoms with Crippen LogP contribution in [0.15, 0.2) is 6.07 Å². The van der Waals surface area contributed by atoms with E-state index in [9.17, 15) is 4.39 Å². The normalized spacial score (nSPS) is 19.7. The van der Waals surface area contributed by atoms with Crippen LogP contribution in [0, 0.1) is 5.82 Å². The Labute approximate surface area is 111 Å². The molecule has 0 aliphatic carbocycles. The van der Waals surface area contributed by atoms with Gasteiger partial charge in [-0.1, -0.05) is 18.0 Å². The Morgan fingerprint density at radius 3 is 2.56 bits per heavy atom. The van der Waals surface area contributed by atoms with Crippen LogP contribution in [0.5, 0.6) is 11.5 Å². The van der Waals surface area contributed by atoms with Gasteiger partial charge in [0.05, 0.1) is 19.2 Å². The third-order valence-corrected chi connectivity index (χ3v) is 3.53. The minimum absolute atomic E-state index is 0.0648. The van der Waals surface area contributed by atoms with Gasteiger partial charge < -0.3 is 14.8 Å². The molecule has 5 heteroatoms. The third kappa shape index (κ3) is 2.40. The summed E-state index contributed by atoms with van der Waals surface area (Å²) in [6.07, 6.45) is 3.28. The van der Waals surface area contributed by atoms with Gasteiger partial charge in [0.1, 0.15) is 0 Å². The molecule has 0 aromatic heterocycles. The Bertz CT molecular complexity index is 433. The van der Waals surface area contributed by atoms with Crippen molar-refractivity contribution in [2.45, 2.75) is 25.3 Å². The van der Waals surface area contributed by atoms with Crippen LogP contribution in [0.4, 0.5) is 4.39 Å². The lowest BCUT2D eigenvalue weighted by atomic mass is 9.96. The Morgan fingerprint density at radius 1 is 1.28 bits per heavy atom. The highest BCUT2D eigenvalue weighted by atomic mass is 35.5. The summed E-state index contributed by atoms with van der Waals surface area (Å²) in [7, 11) is 2.92. The highest BCUT2D eigenvalue weighted by molar-refractivity contribution is 6.31. The van der Waals surface area contributed by atoms with E-state index in [-0.39, 0.29) is 16.8 Å². The summed E-state index contributed by atoms with van der Waals surface area (Å²) in [5, 5.41) is 3.46. The maximum absolute atomic E-state index is 13.8. The van der Waals surface area contributed by atoms with Gasteiger partial charge in [-0.15, -0.1) is 0 Å². The fourth-order valence-corrected chi connectivity index (χ4v) is 2.58. The lowest BCUT2D eigenvalue weighted by Crippen LogP contribution is -2.27. The molecule has 1 fully saturated rings. The Kier molecular flexibility index (Phi) is 4.30. The first-order chi connectivity index (χ1) is 8.69. The van der Waals surface area contributed by atoms with Gasteiger partial charge in [-0.2, -0.15) is 0 Å². The molecule has 1 atom stereocenters. The molecule has 0 amide bonds. The largest absolute Gasteiger partial charge is 0.492 e. The molecule has 2 rings (SSSR count). The number of nitrogens with one attached hydrogen (secondary N) is 1. The summed E-state index contributed by atoms with van der Waals surface area (Å²) in [5.41, 5.74) is 0.862. The van der Waals surface area contributed by atoms with Gasteiger partial charge >= 0.3 is 0 Å². The number of ether oxygens (including phenoxy) is 2. The molecule has 3 nitrogen and oxygen atoms in total. The molecule has 1 N–H and O–H groups in total. The van der Waals surface area contributed by atoms with Gasteiger partial charge in [0.25, 0.3) is 0 Å². The smallest absolute Gasteiger partial charge is 0.198 e. The maximum atomic E-state index is 13.8. The molecule has 1 saturated heterocycles. The molecule has 1 aromatic carbocycles. The summed E-state index contributed by atoms with van der Waals surface area (Å²) in [4.78, 5) is 0. The summed E-state index contributed by atoms with van der Waals surface area (Å²) in [5.74, 6) is -0.0678. The summed E-state index contributed by atoms with van der Waals surface area (Å²) in [6, 6.07) is 1.77. The minimum Gasteiger partial charge on any atom is -0.492 e. The number of benzene rings is 1. The lowest BCUT2D eigenvalue weighted by molar-refractivity contribution is 0.324. The standard InChI is InChI=1S/C13H17ClFNO2/c1-17-12-8(10-5-3-4-6-16-10)7-9(14)11(15)13(12)18-2/h7,10,16H,3-6H2,1-2H3. The molecule has 0 spiro atoms. The van der Waals surface area contributed by atoms with Crippen LogP contribution in [-0.4, -0.2) is 20.8 Å². The van der Waals surface area contributed by atoms with E-state index in [0.717, 1.165) is 31.4 Å². The fraction of sp³-hybridized carbons (Fsp3) is 0.538. The van der Waals surface area contributed by atoms with Crippen LogP contribution in [0.25, 0.3) is 0 Å². The Morgan fingerprint density at radius 2 is 2.00 bits per heavy atom. The molecule has 1 aromatic rings. The van der Waals surface area contributed by atoms with Crippen molar-refractivity contribution in [2.75, 3.05) is 20.8 Å². The van der Waals surface area contributed by atoms with Crippen LogP contribution in [0.2, 0.25) is 5.02 Å². The van der Waals surface area contributed by atoms with E-state index in [0.29, 0.717) is 5.75 Å². The van der Waals surface area contributed by atoms with Crippen molar-refractivity contribution in [3.05, 3.63) is 22.5 Å². The zero-order valence-electron chi connectivity index (χ0n) is 10.6. The molecule has 0 radical (unpaired) electrons. The van der Waals surface area contributed by atoms with Crippen LogP contribution in [-0.2, 0) is 0 Å². The van der Waals surface area contributed by atoms with Crippen LogP contribution >= 0.6 is 11.6 Å². The average Bonchev–Trinajstić information content (AvgIpc) is 2.42. The molecule has 0 saturated carbocycles. The Balaban J connectivity index is 2.47. The maximum Gasteiger partial charge on any atom is 0.198 e. The van der Waals surface area contributed by atoms with E-state index < -0.39 is 5.82 Å². The predicted octanol–water partition coefficient (Wildman–Crippen LogP) is 3.31. The van der Waals surface area contributed by atoms with E-state index >= 15 is 0 Å². The van der Waals surface area contributed by atoms with Gasteiger partial charge in [0.2, 0.25) is 0 Å². The van der Waals surface area contributed by atoms with Crippen LogP contribution in [0.1, 0.15) is 30.9 Å². The van der Waals surface area contributed by atoms with Crippen molar-refractivity contribution in [3.63, 3.8) is 0 Å². The van der Waals surface area contributed by atoms with Gasteiger partial charge in [-0.25, -0.2) is 4.39 Å². The lowest BCUT2D eigenvalue weighted by Gasteiger charge is -2.26. The fourth-order valence-electron chi connectivity index (χ4n) is 2.37. The number of piperidine rings is 1. The van der Waals surface area contributed by atoms with Crippen molar-refractivity contribution >= 4 is 11.6 Å². The molecular formula is C13H17ClFNO2. The van der Waals surface area contributed by atoms with Crippen molar-refractivity contribution in [1.82, 2.24) is 5.32 Å². The van der Waals surface area contributed by atoms with Gasteiger partial charge in [-0.3, -0.25) is 0 Å². The SMILES string of the molecule is COc1c(C2CCCCN2)cc(Cl)c(F)c1OC. The zero-order valence-corrected chi connectivity index (χ0v) is 11.3. The molecule has 18 heavy (non-hydrogen) atoms. The first-order valence-electron chi connectivity index (χ1n) is 6.02. The molecule has 1 unspecified atom stereocenters. The molecule has 100 valence electrons. The quantitative estimate of drug-likeness (QED) is 0.916. The zero-order chi connectivity index (χ0) is 13.1. The monoisotopic (exact) mass is 273 g/mol. The first-order valence-corrected chi connectivity index (χ1v) is 6.40. The van der Waals surface area contributed by atoms with Crippen molar-refractivity contribution in [3.8, 4) is 11.5 Å². The van der Waals surface area contributed by atoms with Crippen LogP contribution in [0.3, 0.4) is 0 Å². The number of methoxy groups -OCH3 is 2. The van der Waals surface area contributed by atoms with Crippen molar-refractivity contribution < 1.29 is 13.9 Å². The molecule has 1 heterocycles. The highest BCUT2D eigenvalue weighted by Gasteiger charge is 2.25. The van der Waals surface area contributed by atoms with E-state index in [1.807, 2.05) is 0 Å². The van der Waals surface area contributed by atoms with Crippen LogP contribution < -0.4 is 14.8 Å². The Hall–Kier alpha value is -1.00. The van der Waals surface area contributed by atoms with E-state index in [1.165, 1.54) is 14.2 Å². The average molecular weight is 274 g/mol. The number of hydrogen-bond donors (Lipinski definition) is 1. The van der Waals surface area contributed by atoms with Gasteiger partial charge in [0, 0.05) is 11.6 Å². The van der Waals surface area contributed by atoms with E-state index in [1.54, 1.807) is 6.07 Å². The second-order valence-corrected chi connectivity index (χ2v) is 4.74. The van der Waals surface area contributed by atoms with E-state index in [4.69, 9.17) is 21.1 Å². The third-order valence-electron chi connectivity index (χ3n) is 3.25. The second-order valence-electron chi connectivity index (χ2n) is 4.33. The summed E-state index contributed by atoms with van der Waals surface area (Å²) < 4.78 is 24.2. The molecule has 0 bridgehead atoms. The van der Waals surface area contributed by atoms with Crippen molar-refractivity contribution in [1.29, 1.82) is 0 Å². The predicted molar refractivity (Wildman–Crippen MR) is 69.1 cm³/mol. The molecule has 1 aliphatic heterocycles. The number of rotatable bonds is 3. The minimum atomic E-state index is -0.574. The first kappa shape index (κ1) is 13.4. The second kappa shape index (κ2) is 5.76. The number of halogens is 2. The number of hydrogen-bond acceptors (Lipinski definition) is 3. The highest BCUT2D eigenvalue weighted by Crippen LogP contribution is 2.42. The molecule has 1 aliphatic rings. The van der Waals surface area contributed by atoms with Crippen molar-refractivity contribution in [2.24, 2.45) is 0 Å². The topological polar surface area (TPSA) is 30.5 Å².